The predicted molar refractivity (Wildman–Crippen MR) is 82.5 cm³/mol. The highest BCUT2D eigenvalue weighted by molar-refractivity contribution is 5.41. The van der Waals surface area contributed by atoms with Gasteiger partial charge in [0.1, 0.15) is 11.6 Å². The lowest BCUT2D eigenvalue weighted by molar-refractivity contribution is 0.505. The van der Waals surface area contributed by atoms with Gasteiger partial charge < -0.3 is 5.32 Å². The highest BCUT2D eigenvalue weighted by Gasteiger charge is 2.23. The van der Waals surface area contributed by atoms with Gasteiger partial charge in [0.25, 0.3) is 0 Å². The van der Waals surface area contributed by atoms with Crippen molar-refractivity contribution in [3.63, 3.8) is 0 Å². The van der Waals surface area contributed by atoms with Gasteiger partial charge in [-0.25, -0.2) is 8.78 Å². The molecule has 0 radical (unpaired) electrons. The third kappa shape index (κ3) is 3.13. The Morgan fingerprint density at radius 2 is 1.67 bits per heavy atom. The van der Waals surface area contributed by atoms with Crippen LogP contribution in [0, 0.1) is 32.4 Å². The molecule has 0 spiro atoms. The van der Waals surface area contributed by atoms with Crippen molar-refractivity contribution in [1.82, 2.24) is 5.32 Å². The molecule has 1 unspecified atom stereocenters. The second-order valence-electron chi connectivity index (χ2n) is 5.44. The number of aryl methyl sites for hydroxylation is 3. The van der Waals surface area contributed by atoms with E-state index in [-0.39, 0.29) is 5.56 Å². The average molecular weight is 289 g/mol. The van der Waals surface area contributed by atoms with E-state index in [1.807, 2.05) is 39.0 Å². The molecule has 3 heteroatoms. The summed E-state index contributed by atoms with van der Waals surface area (Å²) in [4.78, 5) is 0. The molecule has 0 heterocycles. The summed E-state index contributed by atoms with van der Waals surface area (Å²) in [7, 11) is 0. The summed E-state index contributed by atoms with van der Waals surface area (Å²) in [5.74, 6) is -0.980. The molecule has 0 bridgehead atoms. The Morgan fingerprint density at radius 3 is 2.33 bits per heavy atom. The Bertz CT molecular complexity index is 650. The molecule has 1 atom stereocenters. The maximum Gasteiger partial charge on any atom is 0.134 e. The lowest BCUT2D eigenvalue weighted by Gasteiger charge is -2.23. The van der Waals surface area contributed by atoms with Crippen LogP contribution in [0.2, 0.25) is 0 Å². The van der Waals surface area contributed by atoms with Crippen LogP contribution in [-0.4, -0.2) is 6.54 Å². The molecule has 0 saturated carbocycles. The molecule has 2 aromatic carbocycles. The Kier molecular flexibility index (Phi) is 4.73. The van der Waals surface area contributed by atoms with Gasteiger partial charge in [-0.05, 0) is 50.1 Å². The molecule has 0 aliphatic heterocycles. The summed E-state index contributed by atoms with van der Waals surface area (Å²) in [5.41, 5.74) is 3.57. The zero-order valence-electron chi connectivity index (χ0n) is 12.9. The van der Waals surface area contributed by atoms with Gasteiger partial charge in [0.2, 0.25) is 0 Å². The Hall–Kier alpha value is -1.74. The van der Waals surface area contributed by atoms with Crippen molar-refractivity contribution < 1.29 is 8.78 Å². The van der Waals surface area contributed by atoms with Crippen molar-refractivity contribution in [2.24, 2.45) is 0 Å². The first-order valence-electron chi connectivity index (χ1n) is 7.20. The van der Waals surface area contributed by atoms with Crippen LogP contribution in [0.4, 0.5) is 8.78 Å². The van der Waals surface area contributed by atoms with Crippen LogP contribution in [0.3, 0.4) is 0 Å². The zero-order valence-corrected chi connectivity index (χ0v) is 12.9. The second kappa shape index (κ2) is 6.35. The van der Waals surface area contributed by atoms with Gasteiger partial charge >= 0.3 is 0 Å². The summed E-state index contributed by atoms with van der Waals surface area (Å²) in [6, 6.07) is 8.31. The van der Waals surface area contributed by atoms with Crippen molar-refractivity contribution >= 4 is 0 Å². The summed E-state index contributed by atoms with van der Waals surface area (Å²) in [6.45, 7) is 8.17. The minimum atomic E-state index is -0.509. The fourth-order valence-corrected chi connectivity index (χ4v) is 2.59. The number of rotatable bonds is 4. The van der Waals surface area contributed by atoms with Crippen LogP contribution in [0.25, 0.3) is 0 Å². The van der Waals surface area contributed by atoms with Crippen LogP contribution >= 0.6 is 0 Å². The predicted octanol–water partition coefficient (Wildman–Crippen LogP) is 4.59. The fourth-order valence-electron chi connectivity index (χ4n) is 2.59. The van der Waals surface area contributed by atoms with Crippen molar-refractivity contribution in [3.05, 3.63) is 69.8 Å². The van der Waals surface area contributed by atoms with E-state index < -0.39 is 17.7 Å². The van der Waals surface area contributed by atoms with Gasteiger partial charge in [-0.1, -0.05) is 36.8 Å². The minimum absolute atomic E-state index is 0.102. The van der Waals surface area contributed by atoms with E-state index in [4.69, 9.17) is 0 Å². The molecule has 2 rings (SSSR count). The molecular weight excluding hydrogens is 268 g/mol. The molecule has 1 N–H and O–H groups in total. The molecule has 0 aliphatic carbocycles. The lowest BCUT2D eigenvalue weighted by Crippen LogP contribution is -2.25. The summed E-state index contributed by atoms with van der Waals surface area (Å²) >= 11 is 0. The minimum Gasteiger partial charge on any atom is -0.306 e. The van der Waals surface area contributed by atoms with Crippen molar-refractivity contribution in [2.75, 3.05) is 6.54 Å². The highest BCUT2D eigenvalue weighted by Crippen LogP contribution is 2.30. The smallest absolute Gasteiger partial charge is 0.134 e. The molecular formula is C18H21F2N. The quantitative estimate of drug-likeness (QED) is 0.868. The van der Waals surface area contributed by atoms with E-state index >= 15 is 0 Å². The highest BCUT2D eigenvalue weighted by atomic mass is 19.1. The fraction of sp³-hybridized carbons (Fsp3) is 0.333. The molecule has 0 amide bonds. The molecule has 0 aliphatic rings. The standard InChI is InChI=1S/C18H21F2N/c1-5-21-18(14-10-11(2)6-7-12(14)3)16-15(19)9-8-13(4)17(16)20/h6-10,18,21H,5H2,1-4H3. The summed E-state index contributed by atoms with van der Waals surface area (Å²) < 4.78 is 28.7. The van der Waals surface area contributed by atoms with Crippen molar-refractivity contribution in [2.45, 2.75) is 33.7 Å². The van der Waals surface area contributed by atoms with E-state index in [9.17, 15) is 8.78 Å². The summed E-state index contributed by atoms with van der Waals surface area (Å²) in [6.07, 6.45) is 0. The van der Waals surface area contributed by atoms with E-state index in [1.54, 1.807) is 6.92 Å². The van der Waals surface area contributed by atoms with Gasteiger partial charge in [0.05, 0.1) is 6.04 Å². The first-order chi connectivity index (χ1) is 9.95. The largest absolute Gasteiger partial charge is 0.306 e. The topological polar surface area (TPSA) is 12.0 Å². The molecule has 1 nitrogen and oxygen atoms in total. The zero-order chi connectivity index (χ0) is 15.6. The van der Waals surface area contributed by atoms with Gasteiger partial charge in [-0.15, -0.1) is 0 Å². The van der Waals surface area contributed by atoms with Crippen molar-refractivity contribution in [3.8, 4) is 0 Å². The number of nitrogens with one attached hydrogen (secondary N) is 1. The molecule has 2 aromatic rings. The SMILES string of the molecule is CCNC(c1cc(C)ccc1C)c1c(F)ccc(C)c1F. The van der Waals surface area contributed by atoms with Crippen LogP contribution < -0.4 is 5.32 Å². The monoisotopic (exact) mass is 289 g/mol. The third-order valence-corrected chi connectivity index (χ3v) is 3.76. The lowest BCUT2D eigenvalue weighted by atomic mass is 9.92. The maximum atomic E-state index is 14.5. The second-order valence-corrected chi connectivity index (χ2v) is 5.44. The molecule has 0 fully saturated rings. The Morgan fingerprint density at radius 1 is 1.00 bits per heavy atom. The van der Waals surface area contributed by atoms with Gasteiger partial charge in [-0.2, -0.15) is 0 Å². The average Bonchev–Trinajstić information content (AvgIpc) is 2.45. The molecule has 112 valence electrons. The molecule has 21 heavy (non-hydrogen) atoms. The number of hydrogen-bond donors (Lipinski definition) is 1. The van der Waals surface area contributed by atoms with Crippen LogP contribution in [0.1, 0.15) is 40.8 Å². The van der Waals surface area contributed by atoms with Crippen LogP contribution in [0.5, 0.6) is 0 Å². The summed E-state index contributed by atoms with van der Waals surface area (Å²) in [5, 5.41) is 3.21. The number of benzene rings is 2. The van der Waals surface area contributed by atoms with Gasteiger partial charge in [-0.3, -0.25) is 0 Å². The molecule has 0 aromatic heterocycles. The normalized spacial score (nSPS) is 12.5. The van der Waals surface area contributed by atoms with Gasteiger partial charge in [0.15, 0.2) is 0 Å². The van der Waals surface area contributed by atoms with Gasteiger partial charge in [0, 0.05) is 5.56 Å². The van der Waals surface area contributed by atoms with E-state index in [0.717, 1.165) is 16.7 Å². The van der Waals surface area contributed by atoms with Crippen LogP contribution in [-0.2, 0) is 0 Å². The Labute approximate surface area is 125 Å². The first kappa shape index (κ1) is 15.6. The molecule has 0 saturated heterocycles. The number of hydrogen-bond acceptors (Lipinski definition) is 1. The first-order valence-corrected chi connectivity index (χ1v) is 7.20. The Balaban J connectivity index is 2.64. The van der Waals surface area contributed by atoms with E-state index in [2.05, 4.69) is 5.32 Å². The van der Waals surface area contributed by atoms with Crippen LogP contribution in [0.15, 0.2) is 30.3 Å². The van der Waals surface area contributed by atoms with E-state index in [0.29, 0.717) is 12.1 Å². The van der Waals surface area contributed by atoms with E-state index in [1.165, 1.54) is 12.1 Å². The third-order valence-electron chi connectivity index (χ3n) is 3.76. The maximum absolute atomic E-state index is 14.5. The number of halogens is 2. The van der Waals surface area contributed by atoms with Crippen molar-refractivity contribution in [1.29, 1.82) is 0 Å².